The van der Waals surface area contributed by atoms with Gasteiger partial charge in [-0.2, -0.15) is 20.2 Å². The molecule has 0 N–H and O–H groups in total. The van der Waals surface area contributed by atoms with E-state index >= 15 is 0 Å². The second-order valence-corrected chi connectivity index (χ2v) is 7.50. The topological polar surface area (TPSA) is 86.4 Å². The van der Waals surface area contributed by atoms with Gasteiger partial charge in [0.2, 0.25) is 0 Å². The Labute approximate surface area is 242 Å². The predicted octanol–water partition coefficient (Wildman–Crippen LogP) is 7.19. The molecule has 0 unspecified atom stereocenters. The Bertz CT molecular complexity index is 1210. The molecule has 4 aromatic rings. The van der Waals surface area contributed by atoms with Crippen molar-refractivity contribution in [3.05, 3.63) is 144 Å². The van der Waals surface area contributed by atoms with Crippen molar-refractivity contribution in [2.24, 2.45) is 20.6 Å². The largest absolute Gasteiger partial charge is 0.173 e. The summed E-state index contributed by atoms with van der Waals surface area (Å²) in [6.45, 7) is 0. The molecule has 8 nitrogen and oxygen atoms in total. The van der Waals surface area contributed by atoms with Crippen LogP contribution in [-0.4, -0.2) is 22.8 Å². The van der Waals surface area contributed by atoms with Gasteiger partial charge >= 0.3 is 0 Å². The molecule has 1 radical (unpaired) electrons. The molecular formula is C28H20CoF4N4O4. The van der Waals surface area contributed by atoms with Gasteiger partial charge in [0.15, 0.2) is 0 Å². The van der Waals surface area contributed by atoms with Gasteiger partial charge in [0.1, 0.15) is 22.8 Å². The van der Waals surface area contributed by atoms with Crippen molar-refractivity contribution in [1.82, 2.24) is 0 Å². The van der Waals surface area contributed by atoms with Gasteiger partial charge in [0, 0.05) is 57.1 Å². The van der Waals surface area contributed by atoms with E-state index in [1.807, 2.05) is 0 Å². The number of hydrogen-bond donors (Lipinski definition) is 0. The monoisotopic (exact) mass is 611 g/mol. The Hall–Kier alpha value is -5.01. The second kappa shape index (κ2) is 18.3. The summed E-state index contributed by atoms with van der Waals surface area (Å²) in [5, 5.41) is 26.4. The van der Waals surface area contributed by atoms with Crippen LogP contribution in [0, 0.1) is 0 Å². The van der Waals surface area contributed by atoms with E-state index in [0.717, 1.165) is 0 Å². The van der Waals surface area contributed by atoms with Gasteiger partial charge < -0.3 is 0 Å². The second-order valence-electron chi connectivity index (χ2n) is 7.50. The number of rotatable bonds is 10. The van der Waals surface area contributed by atoms with E-state index in [4.69, 9.17) is 0 Å². The molecule has 0 aromatic heterocycles. The quantitative estimate of drug-likeness (QED) is 0.108. The number of halogens is 4. The van der Waals surface area contributed by atoms with Crippen LogP contribution in [0.2, 0.25) is 0 Å². The summed E-state index contributed by atoms with van der Waals surface area (Å²) in [5.74, 6) is 0. The van der Waals surface area contributed by atoms with E-state index in [1.165, 1.54) is 0 Å². The first-order valence-electron chi connectivity index (χ1n) is 11.4. The summed E-state index contributed by atoms with van der Waals surface area (Å²) in [4.78, 5) is 0. The molecule has 0 aliphatic heterocycles. The van der Waals surface area contributed by atoms with Crippen LogP contribution in [0.4, 0.5) is 18.1 Å². The summed E-state index contributed by atoms with van der Waals surface area (Å²) in [6, 6.07) is 34.2. The molecular weight excluding hydrogens is 591 g/mol. The molecule has 4 aromatic carbocycles. The molecule has 0 spiro atoms. The molecule has 0 saturated carbocycles. The number of benzene rings is 4. The Morgan fingerprint density at radius 3 is 0.659 bits per heavy atom. The van der Waals surface area contributed by atoms with Crippen molar-refractivity contribution in [2.45, 2.75) is 0 Å². The van der Waals surface area contributed by atoms with E-state index in [-0.39, 0.29) is 39.6 Å². The van der Waals surface area contributed by atoms with Crippen molar-refractivity contribution in [3.8, 4) is 0 Å². The minimum atomic E-state index is 0. The van der Waals surface area contributed by atoms with Gasteiger partial charge in [-0.15, -0.1) is 0 Å². The Kier molecular flexibility index (Phi) is 14.4. The first-order chi connectivity index (χ1) is 19.7. The maximum absolute atomic E-state index is 12.2. The summed E-state index contributed by atoms with van der Waals surface area (Å²) < 4.78 is 48.7. The predicted molar refractivity (Wildman–Crippen MR) is 141 cm³/mol. The first kappa shape index (κ1) is 32.2. The van der Waals surface area contributed by atoms with Crippen LogP contribution in [0.5, 0.6) is 0 Å². The molecule has 0 aliphatic carbocycles. The number of oxime groups is 4. The maximum Gasteiger partial charge on any atom is 0.144 e. The van der Waals surface area contributed by atoms with E-state index < -0.39 is 0 Å². The maximum atomic E-state index is 12.2. The summed E-state index contributed by atoms with van der Waals surface area (Å²) >= 11 is 0. The van der Waals surface area contributed by atoms with Gasteiger partial charge in [-0.3, -0.25) is 0 Å². The van der Waals surface area contributed by atoms with E-state index in [2.05, 4.69) is 40.8 Å². The molecule has 41 heavy (non-hydrogen) atoms. The Morgan fingerprint density at radius 2 is 0.512 bits per heavy atom. The van der Waals surface area contributed by atoms with Crippen LogP contribution < -0.4 is 0 Å². The van der Waals surface area contributed by atoms with Crippen molar-refractivity contribution >= 4 is 22.8 Å². The van der Waals surface area contributed by atoms with Gasteiger partial charge in [-0.05, 0) is 20.6 Å². The van der Waals surface area contributed by atoms with Crippen molar-refractivity contribution in [3.63, 3.8) is 0 Å². The van der Waals surface area contributed by atoms with Gasteiger partial charge in [-0.1, -0.05) is 121 Å². The summed E-state index contributed by atoms with van der Waals surface area (Å²) in [7, 11) is 0. The van der Waals surface area contributed by atoms with E-state index in [0.29, 0.717) is 22.3 Å². The van der Waals surface area contributed by atoms with Crippen LogP contribution in [-0.2, 0) is 36.9 Å². The minimum Gasteiger partial charge on any atom is -0.173 e. The van der Waals surface area contributed by atoms with Crippen LogP contribution >= 0.6 is 0 Å². The Morgan fingerprint density at radius 1 is 0.341 bits per heavy atom. The summed E-state index contributed by atoms with van der Waals surface area (Å²) in [5.41, 5.74) is 2.06. The van der Waals surface area contributed by atoms with Gasteiger partial charge in [0.05, 0.1) is 0 Å². The van der Waals surface area contributed by atoms with Gasteiger partial charge in [0.25, 0.3) is 0 Å². The minimum absolute atomic E-state index is 0. The van der Waals surface area contributed by atoms with Gasteiger partial charge in [-0.25, -0.2) is 0 Å². The molecule has 0 saturated heterocycles. The molecule has 0 amide bonds. The Balaban J connectivity index is 0.000000280. The van der Waals surface area contributed by atoms with Crippen LogP contribution in [0.15, 0.2) is 142 Å². The van der Waals surface area contributed by atoms with Crippen LogP contribution in [0.25, 0.3) is 0 Å². The fourth-order valence-electron chi connectivity index (χ4n) is 3.45. The average Bonchev–Trinajstić information content (AvgIpc) is 3.03. The zero-order valence-electron chi connectivity index (χ0n) is 20.8. The standard InChI is InChI=1S/2C14H10F2N2O2.Co/c2*15-19-17-13(11-7-3-1-4-8-11)14(18-20-16)12-9-5-2-6-10-12;/h2*1-10H;. The average molecular weight is 611 g/mol. The summed E-state index contributed by atoms with van der Waals surface area (Å²) in [6.07, 6.45) is 0. The molecule has 4 rings (SSSR count). The van der Waals surface area contributed by atoms with Crippen molar-refractivity contribution < 1.29 is 55.1 Å². The third-order valence-electron chi connectivity index (χ3n) is 5.14. The van der Waals surface area contributed by atoms with Crippen molar-refractivity contribution in [1.29, 1.82) is 0 Å². The zero-order chi connectivity index (χ0) is 28.4. The third-order valence-corrected chi connectivity index (χ3v) is 5.14. The third kappa shape index (κ3) is 9.60. The van der Waals surface area contributed by atoms with Crippen LogP contribution in [0.3, 0.4) is 0 Å². The van der Waals surface area contributed by atoms with E-state index in [1.54, 1.807) is 121 Å². The molecule has 0 atom stereocenters. The molecule has 0 aliphatic rings. The normalized spacial score (nSPS) is 11.8. The zero-order valence-corrected chi connectivity index (χ0v) is 21.9. The smallest absolute Gasteiger partial charge is 0.144 e. The van der Waals surface area contributed by atoms with Crippen molar-refractivity contribution in [2.75, 3.05) is 0 Å². The molecule has 0 bridgehead atoms. The van der Waals surface area contributed by atoms with Crippen LogP contribution in [0.1, 0.15) is 22.3 Å². The molecule has 0 heterocycles. The molecule has 213 valence electrons. The number of nitrogens with zero attached hydrogens (tertiary/aromatic N) is 4. The fourth-order valence-corrected chi connectivity index (χ4v) is 3.45. The fraction of sp³-hybridized carbons (Fsp3) is 0. The SMILES string of the molecule is FON=C(C(=NOF)c1ccccc1)c1ccccc1.FON=C(C(=NOF)c1ccccc1)c1ccccc1.[Co]. The first-order valence-corrected chi connectivity index (χ1v) is 11.4. The molecule has 13 heteroatoms. The number of hydrogen-bond acceptors (Lipinski definition) is 8. The molecule has 0 fully saturated rings. The van der Waals surface area contributed by atoms with E-state index in [9.17, 15) is 18.1 Å².